The van der Waals surface area contributed by atoms with Crippen molar-refractivity contribution < 1.29 is 36.7 Å². The summed E-state index contributed by atoms with van der Waals surface area (Å²) in [6.07, 6.45) is 1.31. The van der Waals surface area contributed by atoms with Gasteiger partial charge in [0, 0.05) is 29.6 Å². The van der Waals surface area contributed by atoms with Crippen molar-refractivity contribution in [1.29, 1.82) is 0 Å². The molecule has 4 N–H and O–H groups in total. The van der Waals surface area contributed by atoms with Crippen LogP contribution in [0.3, 0.4) is 0 Å². The molecule has 1 saturated carbocycles. The quantitative estimate of drug-likeness (QED) is 0.287. The van der Waals surface area contributed by atoms with Crippen LogP contribution in [0, 0.1) is 30.3 Å². The minimum absolute atomic E-state index is 0.0158. The lowest BCUT2D eigenvalue weighted by Crippen LogP contribution is -2.62. The van der Waals surface area contributed by atoms with Crippen molar-refractivity contribution in [1.82, 2.24) is 9.88 Å². The van der Waals surface area contributed by atoms with E-state index in [2.05, 4.69) is 10.6 Å². The molecular weight excluding hydrogens is 475 g/mol. The van der Waals surface area contributed by atoms with Crippen LogP contribution in [0.25, 0.3) is 0 Å². The molecule has 2 aromatic rings. The third-order valence-corrected chi connectivity index (χ3v) is 8.83. The predicted molar refractivity (Wildman–Crippen MR) is 118 cm³/mol. The van der Waals surface area contributed by atoms with Crippen LogP contribution in [0.1, 0.15) is 51.5 Å². The van der Waals surface area contributed by atoms with Crippen molar-refractivity contribution in [2.24, 2.45) is 5.92 Å². The van der Waals surface area contributed by atoms with E-state index in [1.807, 2.05) is 0 Å². The normalized spacial score (nSPS) is 23.9. The summed E-state index contributed by atoms with van der Waals surface area (Å²) in [5, 5.41) is 4.92. The van der Waals surface area contributed by atoms with Gasteiger partial charge in [0.2, 0.25) is 0 Å². The number of aromatic nitrogens is 1. The van der Waals surface area contributed by atoms with Gasteiger partial charge in [-0.1, -0.05) is 0 Å². The SMILES string of the molecule is Cc1c(C(=O)C(=O)NC2(C)CS(O)(O)C2)c2n(c1C(=O)Nc1cc(F)c(F)c(F)c1)[C@@H]1C[C@@H]1C2. The van der Waals surface area contributed by atoms with Gasteiger partial charge in [-0.3, -0.25) is 23.5 Å². The monoisotopic (exact) mass is 497 g/mol. The molecule has 1 aromatic carbocycles. The zero-order chi connectivity index (χ0) is 24.7. The maximum Gasteiger partial charge on any atom is 0.292 e. The molecule has 8 nitrogen and oxygen atoms in total. The third kappa shape index (κ3) is 3.60. The number of rotatable bonds is 5. The Kier molecular flexibility index (Phi) is 4.95. The number of Topliss-reactive ketones (excluding diaryl/α,β-unsaturated/α-hetero) is 1. The second kappa shape index (κ2) is 7.33. The molecule has 1 aromatic heterocycles. The van der Waals surface area contributed by atoms with Crippen molar-refractivity contribution in [2.75, 3.05) is 16.8 Å². The molecule has 12 heteroatoms. The Hall–Kier alpha value is -2.83. The van der Waals surface area contributed by atoms with Crippen molar-refractivity contribution in [3.63, 3.8) is 0 Å². The van der Waals surface area contributed by atoms with Gasteiger partial charge in [0.1, 0.15) is 5.69 Å². The molecule has 2 fully saturated rings. The fourth-order valence-electron chi connectivity index (χ4n) is 5.25. The van der Waals surface area contributed by atoms with Crippen LogP contribution in [0.15, 0.2) is 12.1 Å². The van der Waals surface area contributed by atoms with E-state index in [-0.39, 0.29) is 46.0 Å². The number of nitrogens with one attached hydrogen (secondary N) is 2. The van der Waals surface area contributed by atoms with Gasteiger partial charge in [-0.2, -0.15) is 10.6 Å². The number of hydrogen-bond acceptors (Lipinski definition) is 5. The topological polar surface area (TPSA) is 121 Å². The Bertz CT molecular complexity index is 1260. The van der Waals surface area contributed by atoms with Gasteiger partial charge in [0.25, 0.3) is 17.6 Å². The van der Waals surface area contributed by atoms with Crippen molar-refractivity contribution in [3.05, 3.63) is 52.1 Å². The van der Waals surface area contributed by atoms with Gasteiger partial charge < -0.3 is 15.2 Å². The van der Waals surface area contributed by atoms with Crippen molar-refractivity contribution in [2.45, 2.75) is 38.3 Å². The van der Waals surface area contributed by atoms with E-state index in [4.69, 9.17) is 0 Å². The highest BCUT2D eigenvalue weighted by atomic mass is 32.3. The van der Waals surface area contributed by atoms with Crippen LogP contribution in [-0.2, 0) is 11.2 Å². The lowest BCUT2D eigenvalue weighted by atomic mass is 10.0. The van der Waals surface area contributed by atoms with Gasteiger partial charge in [-0.15, -0.1) is 0 Å². The average Bonchev–Trinajstić information content (AvgIpc) is 3.27. The first-order valence-corrected chi connectivity index (χ1v) is 12.5. The molecular formula is C22H22F3N3O5S. The molecule has 1 aliphatic carbocycles. The minimum Gasteiger partial charge on any atom is -0.341 e. The van der Waals surface area contributed by atoms with E-state index in [9.17, 15) is 36.7 Å². The smallest absolute Gasteiger partial charge is 0.292 e. The van der Waals surface area contributed by atoms with Crippen LogP contribution < -0.4 is 10.6 Å². The summed E-state index contributed by atoms with van der Waals surface area (Å²) in [7, 11) is -2.75. The molecule has 5 rings (SSSR count). The predicted octanol–water partition coefficient (Wildman–Crippen LogP) is 3.41. The maximum atomic E-state index is 13.6. The first-order chi connectivity index (χ1) is 15.8. The molecule has 2 aliphatic heterocycles. The molecule has 0 unspecified atom stereocenters. The fourth-order valence-corrected chi connectivity index (χ4v) is 7.35. The number of anilines is 1. The standard InChI is InChI=1S/C22H22F3N3O5S/c1-9-16(19(29)21(31)27-22(2)7-34(32,33)8-22)15-4-10-3-14(10)28(15)18(9)20(30)26-11-5-12(23)17(25)13(24)6-11/h5-6,10,14,32-33H,3-4,7-8H2,1-2H3,(H,26,30)(H,27,31)/t10-,14-/m1/s1. The number of nitrogens with zero attached hydrogens (tertiary/aromatic N) is 1. The van der Waals surface area contributed by atoms with Gasteiger partial charge in [-0.05, 0) is 38.2 Å². The van der Waals surface area contributed by atoms with Gasteiger partial charge in [0.15, 0.2) is 17.5 Å². The zero-order valence-corrected chi connectivity index (χ0v) is 19.1. The maximum absolute atomic E-state index is 13.6. The van der Waals surface area contributed by atoms with Crippen LogP contribution in [-0.4, -0.2) is 48.3 Å². The molecule has 3 heterocycles. The van der Waals surface area contributed by atoms with Crippen molar-refractivity contribution in [3.8, 4) is 0 Å². The number of fused-ring (bicyclic) bond motifs is 3. The van der Waals surface area contributed by atoms with Gasteiger partial charge in [-0.25, -0.2) is 13.2 Å². The fraction of sp³-hybridized carbons (Fsp3) is 0.409. The number of carbonyl (C=O) groups excluding carboxylic acids is 3. The van der Waals surface area contributed by atoms with Crippen molar-refractivity contribution >= 4 is 33.9 Å². The Labute approximate surface area is 193 Å². The van der Waals surface area contributed by atoms with E-state index in [1.165, 1.54) is 6.92 Å². The van der Waals surface area contributed by atoms with E-state index < -0.39 is 51.2 Å². The average molecular weight is 497 g/mol. The van der Waals surface area contributed by atoms with E-state index in [1.54, 1.807) is 11.5 Å². The van der Waals surface area contributed by atoms with Gasteiger partial charge >= 0.3 is 0 Å². The largest absolute Gasteiger partial charge is 0.341 e. The summed E-state index contributed by atoms with van der Waals surface area (Å²) in [6.45, 7) is 3.13. The molecule has 0 radical (unpaired) electrons. The molecule has 3 aliphatic rings. The molecule has 2 amide bonds. The summed E-state index contributed by atoms with van der Waals surface area (Å²) in [5.41, 5.74) is -0.204. The van der Waals surface area contributed by atoms with E-state index in [0.717, 1.165) is 6.42 Å². The Morgan fingerprint density at radius 1 is 1.15 bits per heavy atom. The second-order valence-electron chi connectivity index (χ2n) is 9.58. The summed E-state index contributed by atoms with van der Waals surface area (Å²) in [4.78, 5) is 39.0. The summed E-state index contributed by atoms with van der Waals surface area (Å²) >= 11 is 0. The highest BCUT2D eigenvalue weighted by Gasteiger charge is 2.51. The third-order valence-electron chi connectivity index (χ3n) is 6.63. The Morgan fingerprint density at radius 3 is 2.35 bits per heavy atom. The first-order valence-electron chi connectivity index (χ1n) is 10.6. The molecule has 0 bridgehead atoms. The van der Waals surface area contributed by atoms with E-state index in [0.29, 0.717) is 24.2 Å². The minimum atomic E-state index is -2.75. The summed E-state index contributed by atoms with van der Waals surface area (Å²) in [5.74, 6) is -6.92. The van der Waals surface area contributed by atoms with Crippen LogP contribution in [0.4, 0.5) is 18.9 Å². The lowest BCUT2D eigenvalue weighted by Gasteiger charge is -2.54. The first kappa shape index (κ1) is 22.9. The zero-order valence-electron chi connectivity index (χ0n) is 18.2. The number of ketones is 1. The highest BCUT2D eigenvalue weighted by Crippen LogP contribution is 2.55. The number of amides is 2. The van der Waals surface area contributed by atoms with Crippen LogP contribution in [0.2, 0.25) is 0 Å². The lowest BCUT2D eigenvalue weighted by molar-refractivity contribution is -0.118. The van der Waals surface area contributed by atoms with Crippen LogP contribution in [0.5, 0.6) is 0 Å². The molecule has 34 heavy (non-hydrogen) atoms. The summed E-state index contributed by atoms with van der Waals surface area (Å²) in [6, 6.07) is 1.29. The number of carbonyl (C=O) groups is 3. The number of benzene rings is 1. The number of halogens is 3. The highest BCUT2D eigenvalue weighted by molar-refractivity contribution is 8.25. The molecule has 2 atom stereocenters. The summed E-state index contributed by atoms with van der Waals surface area (Å²) < 4.78 is 61.4. The Morgan fingerprint density at radius 2 is 1.76 bits per heavy atom. The number of hydrogen-bond donors (Lipinski definition) is 4. The van der Waals surface area contributed by atoms with Gasteiger partial charge in [0.05, 0.1) is 22.6 Å². The molecule has 182 valence electrons. The molecule has 1 saturated heterocycles. The van der Waals surface area contributed by atoms with E-state index >= 15 is 0 Å². The Balaban J connectivity index is 1.45. The molecule has 0 spiro atoms. The van der Waals surface area contributed by atoms with Crippen LogP contribution >= 0.6 is 10.6 Å². The second-order valence-corrected chi connectivity index (χ2v) is 11.8.